The van der Waals surface area contributed by atoms with Gasteiger partial charge in [0.1, 0.15) is 12.4 Å². The molecule has 1 atom stereocenters. The van der Waals surface area contributed by atoms with Crippen LogP contribution < -0.4 is 10.1 Å². The zero-order valence-corrected chi connectivity index (χ0v) is 11.3. The Balaban J connectivity index is 2.05. The molecule has 0 heterocycles. The van der Waals surface area contributed by atoms with Crippen molar-refractivity contribution in [3.8, 4) is 5.75 Å². The lowest BCUT2D eigenvalue weighted by atomic mass is 9.95. The number of likely N-dealkylation sites (N-methyl/N-ethyl adjacent to an activating group) is 1. The van der Waals surface area contributed by atoms with Crippen LogP contribution >= 0.6 is 0 Å². The van der Waals surface area contributed by atoms with E-state index >= 15 is 0 Å². The number of aryl methyl sites for hydroxylation is 1. The Morgan fingerprint density at radius 2 is 2.11 bits per heavy atom. The summed E-state index contributed by atoms with van der Waals surface area (Å²) in [6.07, 6.45) is 3.33. The molecule has 1 unspecified atom stereocenters. The molecule has 0 bridgehead atoms. The molecule has 2 rings (SSSR count). The van der Waals surface area contributed by atoms with E-state index in [-0.39, 0.29) is 12.1 Å². The Bertz CT molecular complexity index is 384. The van der Waals surface area contributed by atoms with Crippen molar-refractivity contribution in [2.75, 3.05) is 20.3 Å². The van der Waals surface area contributed by atoms with Gasteiger partial charge < -0.3 is 15.2 Å². The first-order valence-corrected chi connectivity index (χ1v) is 6.76. The number of para-hydroxylation sites is 1. The third-order valence-electron chi connectivity index (χ3n) is 3.98. The van der Waals surface area contributed by atoms with E-state index in [1.807, 2.05) is 25.2 Å². The standard InChI is InChI=1S/C15H23NO2/c1-3-12-6-4-5-7-14(12)18-11-15(10-17,16-2)13-8-9-13/h4-7,13,16-17H,3,8-11H2,1-2H3. The molecule has 0 amide bonds. The molecule has 0 aliphatic heterocycles. The number of aliphatic hydroxyl groups excluding tert-OH is 1. The van der Waals surface area contributed by atoms with Gasteiger partial charge in [-0.1, -0.05) is 25.1 Å². The first-order chi connectivity index (χ1) is 8.75. The van der Waals surface area contributed by atoms with Gasteiger partial charge in [0.2, 0.25) is 0 Å². The zero-order valence-electron chi connectivity index (χ0n) is 11.3. The minimum atomic E-state index is -0.277. The summed E-state index contributed by atoms with van der Waals surface area (Å²) >= 11 is 0. The van der Waals surface area contributed by atoms with Crippen LogP contribution in [0.15, 0.2) is 24.3 Å². The molecule has 0 aromatic heterocycles. The summed E-state index contributed by atoms with van der Waals surface area (Å²) in [5, 5.41) is 12.9. The molecule has 0 radical (unpaired) electrons. The summed E-state index contributed by atoms with van der Waals surface area (Å²) in [5.74, 6) is 1.48. The lowest BCUT2D eigenvalue weighted by Gasteiger charge is -2.31. The molecule has 1 aromatic rings. The highest BCUT2D eigenvalue weighted by Gasteiger charge is 2.44. The van der Waals surface area contributed by atoms with Gasteiger partial charge >= 0.3 is 0 Å². The van der Waals surface area contributed by atoms with E-state index in [0.29, 0.717) is 12.5 Å². The summed E-state index contributed by atoms with van der Waals surface area (Å²) in [7, 11) is 1.91. The molecular weight excluding hydrogens is 226 g/mol. The van der Waals surface area contributed by atoms with Gasteiger partial charge in [0.25, 0.3) is 0 Å². The van der Waals surface area contributed by atoms with Crippen LogP contribution in [0.4, 0.5) is 0 Å². The van der Waals surface area contributed by atoms with E-state index in [1.54, 1.807) is 0 Å². The van der Waals surface area contributed by atoms with Gasteiger partial charge in [-0.05, 0) is 43.9 Å². The monoisotopic (exact) mass is 249 g/mol. The van der Waals surface area contributed by atoms with Gasteiger partial charge in [0.15, 0.2) is 0 Å². The van der Waals surface area contributed by atoms with Crippen LogP contribution in [0.2, 0.25) is 0 Å². The normalized spacial score (nSPS) is 18.4. The topological polar surface area (TPSA) is 41.5 Å². The van der Waals surface area contributed by atoms with Crippen molar-refractivity contribution in [2.24, 2.45) is 5.92 Å². The molecule has 3 heteroatoms. The second kappa shape index (κ2) is 5.72. The Morgan fingerprint density at radius 3 is 2.67 bits per heavy atom. The van der Waals surface area contributed by atoms with Gasteiger partial charge in [-0.3, -0.25) is 0 Å². The summed E-state index contributed by atoms with van der Waals surface area (Å²) in [6, 6.07) is 8.12. The van der Waals surface area contributed by atoms with Gasteiger partial charge in [-0.15, -0.1) is 0 Å². The van der Waals surface area contributed by atoms with Crippen molar-refractivity contribution in [1.82, 2.24) is 5.32 Å². The molecule has 18 heavy (non-hydrogen) atoms. The quantitative estimate of drug-likeness (QED) is 0.776. The van der Waals surface area contributed by atoms with Crippen molar-refractivity contribution in [3.63, 3.8) is 0 Å². The smallest absolute Gasteiger partial charge is 0.122 e. The van der Waals surface area contributed by atoms with Crippen LogP contribution in [-0.2, 0) is 6.42 Å². The molecule has 100 valence electrons. The van der Waals surface area contributed by atoms with Crippen LogP contribution in [0.3, 0.4) is 0 Å². The van der Waals surface area contributed by atoms with Crippen molar-refractivity contribution in [2.45, 2.75) is 31.7 Å². The predicted octanol–water partition coefficient (Wildman–Crippen LogP) is 1.99. The Kier molecular flexibility index (Phi) is 4.25. The van der Waals surface area contributed by atoms with Crippen molar-refractivity contribution in [3.05, 3.63) is 29.8 Å². The number of rotatable bonds is 7. The minimum absolute atomic E-state index is 0.127. The SMILES string of the molecule is CCc1ccccc1OCC(CO)(NC)C1CC1. The van der Waals surface area contributed by atoms with Gasteiger partial charge in [0.05, 0.1) is 12.1 Å². The molecule has 0 saturated heterocycles. The van der Waals surface area contributed by atoms with E-state index in [1.165, 1.54) is 18.4 Å². The molecule has 1 aromatic carbocycles. The van der Waals surface area contributed by atoms with Crippen LogP contribution in [0.5, 0.6) is 5.75 Å². The van der Waals surface area contributed by atoms with Crippen LogP contribution in [0.1, 0.15) is 25.3 Å². The van der Waals surface area contributed by atoms with E-state index in [9.17, 15) is 5.11 Å². The fourth-order valence-electron chi connectivity index (χ4n) is 2.43. The average molecular weight is 249 g/mol. The lowest BCUT2D eigenvalue weighted by Crippen LogP contribution is -2.53. The first-order valence-electron chi connectivity index (χ1n) is 6.76. The van der Waals surface area contributed by atoms with E-state index < -0.39 is 0 Å². The fourth-order valence-corrected chi connectivity index (χ4v) is 2.43. The molecule has 0 spiro atoms. The highest BCUT2D eigenvalue weighted by molar-refractivity contribution is 5.33. The van der Waals surface area contributed by atoms with Crippen molar-refractivity contribution >= 4 is 0 Å². The Labute approximate surface area is 109 Å². The predicted molar refractivity (Wildman–Crippen MR) is 72.9 cm³/mol. The zero-order chi connectivity index (χ0) is 13.0. The van der Waals surface area contributed by atoms with Crippen LogP contribution in [0, 0.1) is 5.92 Å². The number of ether oxygens (including phenoxy) is 1. The molecule has 2 N–H and O–H groups in total. The van der Waals surface area contributed by atoms with Crippen LogP contribution in [-0.4, -0.2) is 30.9 Å². The van der Waals surface area contributed by atoms with E-state index in [4.69, 9.17) is 4.74 Å². The molecule has 1 saturated carbocycles. The summed E-state index contributed by atoms with van der Waals surface area (Å²) in [6.45, 7) is 2.78. The molecule has 1 fully saturated rings. The largest absolute Gasteiger partial charge is 0.491 e. The van der Waals surface area contributed by atoms with Crippen molar-refractivity contribution in [1.29, 1.82) is 0 Å². The maximum absolute atomic E-state index is 9.65. The lowest BCUT2D eigenvalue weighted by molar-refractivity contribution is 0.0910. The third kappa shape index (κ3) is 2.68. The third-order valence-corrected chi connectivity index (χ3v) is 3.98. The Morgan fingerprint density at radius 1 is 1.39 bits per heavy atom. The maximum atomic E-state index is 9.65. The van der Waals surface area contributed by atoms with E-state index in [2.05, 4.69) is 18.3 Å². The molecule has 1 aliphatic rings. The van der Waals surface area contributed by atoms with Gasteiger partial charge in [0, 0.05) is 0 Å². The first kappa shape index (κ1) is 13.4. The summed E-state index contributed by atoms with van der Waals surface area (Å²) in [4.78, 5) is 0. The number of hydrogen-bond donors (Lipinski definition) is 2. The van der Waals surface area contributed by atoms with E-state index in [0.717, 1.165) is 12.2 Å². The second-order valence-corrected chi connectivity index (χ2v) is 5.09. The summed E-state index contributed by atoms with van der Waals surface area (Å²) < 4.78 is 5.95. The number of nitrogens with one attached hydrogen (secondary N) is 1. The number of aliphatic hydroxyl groups is 1. The molecular formula is C15H23NO2. The highest BCUT2D eigenvalue weighted by atomic mass is 16.5. The fraction of sp³-hybridized carbons (Fsp3) is 0.600. The summed E-state index contributed by atoms with van der Waals surface area (Å²) in [5.41, 5.74) is 0.942. The number of benzene rings is 1. The van der Waals surface area contributed by atoms with Gasteiger partial charge in [-0.2, -0.15) is 0 Å². The van der Waals surface area contributed by atoms with Gasteiger partial charge in [-0.25, -0.2) is 0 Å². The average Bonchev–Trinajstić information content (AvgIpc) is 3.26. The molecule has 3 nitrogen and oxygen atoms in total. The Hall–Kier alpha value is -1.06. The number of hydrogen-bond acceptors (Lipinski definition) is 3. The minimum Gasteiger partial charge on any atom is -0.491 e. The van der Waals surface area contributed by atoms with Crippen molar-refractivity contribution < 1.29 is 9.84 Å². The maximum Gasteiger partial charge on any atom is 0.122 e. The van der Waals surface area contributed by atoms with Crippen LogP contribution in [0.25, 0.3) is 0 Å². The second-order valence-electron chi connectivity index (χ2n) is 5.09. The molecule has 1 aliphatic carbocycles. The highest BCUT2D eigenvalue weighted by Crippen LogP contribution is 2.39.